The second-order valence-electron chi connectivity index (χ2n) is 7.68. The topological polar surface area (TPSA) is 21.7 Å². The molecule has 0 aliphatic carbocycles. The first-order chi connectivity index (χ1) is 11.7. The largest absolute Gasteiger partial charge is 0.381 e. The summed E-state index contributed by atoms with van der Waals surface area (Å²) in [5.74, 6) is 0.857. The molecule has 0 amide bonds. The molecule has 2 atom stereocenters. The molecule has 0 bridgehead atoms. The highest BCUT2D eigenvalue weighted by atomic mass is 35.5. The Balaban J connectivity index is 1.39. The molecule has 3 nitrogen and oxygen atoms in total. The normalized spacial score (nSPS) is 32.2. The molecule has 1 aromatic rings. The maximum absolute atomic E-state index is 6.37. The Bertz CT molecular complexity index is 572. The second kappa shape index (κ2) is 7.24. The van der Waals surface area contributed by atoms with Gasteiger partial charge in [-0.15, -0.1) is 11.3 Å². The minimum Gasteiger partial charge on any atom is -0.381 e. The SMILES string of the molecule is C[C@H]1C[C@@]2(CCN1CCC1CCOCC1)OCCc1cc(Cl)sc12. The van der Waals surface area contributed by atoms with Crippen LogP contribution in [0.4, 0.5) is 0 Å². The van der Waals surface area contributed by atoms with E-state index in [4.69, 9.17) is 21.1 Å². The number of piperidine rings is 1. The molecule has 1 aromatic heterocycles. The number of hydrogen-bond donors (Lipinski definition) is 0. The Morgan fingerprint density at radius 2 is 2.17 bits per heavy atom. The summed E-state index contributed by atoms with van der Waals surface area (Å²) in [5, 5.41) is 0. The van der Waals surface area contributed by atoms with Gasteiger partial charge in [-0.3, -0.25) is 0 Å². The van der Waals surface area contributed by atoms with E-state index in [1.807, 2.05) is 0 Å². The summed E-state index contributed by atoms with van der Waals surface area (Å²) in [6.07, 6.45) is 7.03. The van der Waals surface area contributed by atoms with Crippen LogP contribution in [0.2, 0.25) is 4.34 Å². The van der Waals surface area contributed by atoms with Gasteiger partial charge in [0.2, 0.25) is 0 Å². The number of rotatable bonds is 3. The van der Waals surface area contributed by atoms with Crippen LogP contribution in [0.5, 0.6) is 0 Å². The fourth-order valence-electron chi connectivity index (χ4n) is 4.69. The number of halogens is 1. The van der Waals surface area contributed by atoms with Crippen molar-refractivity contribution in [3.8, 4) is 0 Å². The molecule has 3 aliphatic rings. The van der Waals surface area contributed by atoms with Gasteiger partial charge in [0.1, 0.15) is 5.60 Å². The summed E-state index contributed by atoms with van der Waals surface area (Å²) >= 11 is 8.04. The Hall–Kier alpha value is -0.130. The summed E-state index contributed by atoms with van der Waals surface area (Å²) < 4.78 is 12.8. The third kappa shape index (κ3) is 3.41. The number of likely N-dealkylation sites (tertiary alicyclic amines) is 1. The van der Waals surface area contributed by atoms with E-state index in [0.717, 1.165) is 55.9 Å². The zero-order valence-corrected chi connectivity index (χ0v) is 16.1. The monoisotopic (exact) mass is 369 g/mol. The minimum atomic E-state index is -0.0695. The molecule has 24 heavy (non-hydrogen) atoms. The maximum Gasteiger partial charge on any atom is 0.105 e. The molecule has 0 saturated carbocycles. The van der Waals surface area contributed by atoms with Crippen LogP contribution in [-0.4, -0.2) is 43.9 Å². The van der Waals surface area contributed by atoms with Gasteiger partial charge in [-0.25, -0.2) is 0 Å². The van der Waals surface area contributed by atoms with Crippen LogP contribution in [0.15, 0.2) is 6.07 Å². The highest BCUT2D eigenvalue weighted by Gasteiger charge is 2.44. The van der Waals surface area contributed by atoms with Gasteiger partial charge < -0.3 is 14.4 Å². The quantitative estimate of drug-likeness (QED) is 0.784. The second-order valence-corrected chi connectivity index (χ2v) is 9.36. The zero-order valence-electron chi connectivity index (χ0n) is 14.6. The highest BCUT2D eigenvalue weighted by Crippen LogP contribution is 2.47. The van der Waals surface area contributed by atoms with Crippen molar-refractivity contribution in [2.24, 2.45) is 5.92 Å². The fourth-order valence-corrected chi connectivity index (χ4v) is 6.18. The number of nitrogens with zero attached hydrogens (tertiary/aromatic N) is 1. The van der Waals surface area contributed by atoms with Crippen LogP contribution < -0.4 is 0 Å². The van der Waals surface area contributed by atoms with Crippen molar-refractivity contribution in [2.75, 3.05) is 32.9 Å². The van der Waals surface area contributed by atoms with Crippen LogP contribution in [0.3, 0.4) is 0 Å². The van der Waals surface area contributed by atoms with Crippen LogP contribution in [0.25, 0.3) is 0 Å². The molecule has 2 fully saturated rings. The molecule has 0 radical (unpaired) electrons. The molecule has 2 saturated heterocycles. The lowest BCUT2D eigenvalue weighted by molar-refractivity contribution is -0.109. The molecule has 0 unspecified atom stereocenters. The molecule has 4 heterocycles. The first-order valence-electron chi connectivity index (χ1n) is 9.41. The first kappa shape index (κ1) is 17.3. The zero-order chi connectivity index (χ0) is 16.6. The van der Waals surface area contributed by atoms with E-state index in [9.17, 15) is 0 Å². The Morgan fingerprint density at radius 3 is 2.96 bits per heavy atom. The molecule has 134 valence electrons. The number of ether oxygens (including phenoxy) is 2. The van der Waals surface area contributed by atoms with Gasteiger partial charge in [0.05, 0.1) is 10.9 Å². The van der Waals surface area contributed by atoms with Gasteiger partial charge in [-0.05, 0) is 69.5 Å². The summed E-state index contributed by atoms with van der Waals surface area (Å²) in [7, 11) is 0. The third-order valence-electron chi connectivity index (χ3n) is 6.16. The molecule has 3 aliphatic heterocycles. The average Bonchev–Trinajstić information content (AvgIpc) is 2.97. The summed E-state index contributed by atoms with van der Waals surface area (Å²) in [5.41, 5.74) is 1.36. The van der Waals surface area contributed by atoms with Gasteiger partial charge in [0.15, 0.2) is 0 Å². The molecule has 4 rings (SSSR count). The number of hydrogen-bond acceptors (Lipinski definition) is 4. The Kier molecular flexibility index (Phi) is 5.22. The molecule has 1 spiro atoms. The van der Waals surface area contributed by atoms with Crippen molar-refractivity contribution in [3.63, 3.8) is 0 Å². The fraction of sp³-hybridized carbons (Fsp3) is 0.789. The van der Waals surface area contributed by atoms with Gasteiger partial charge in [-0.1, -0.05) is 11.6 Å². The van der Waals surface area contributed by atoms with E-state index in [1.165, 1.54) is 36.2 Å². The molecule has 5 heteroatoms. The van der Waals surface area contributed by atoms with Crippen LogP contribution in [0, 0.1) is 5.92 Å². The van der Waals surface area contributed by atoms with Crippen molar-refractivity contribution < 1.29 is 9.47 Å². The molecule has 0 N–H and O–H groups in total. The van der Waals surface area contributed by atoms with Crippen LogP contribution >= 0.6 is 22.9 Å². The van der Waals surface area contributed by atoms with Crippen molar-refractivity contribution in [2.45, 2.75) is 57.1 Å². The average molecular weight is 370 g/mol. The van der Waals surface area contributed by atoms with Crippen molar-refractivity contribution in [3.05, 3.63) is 20.8 Å². The van der Waals surface area contributed by atoms with Crippen LogP contribution in [0.1, 0.15) is 49.5 Å². The number of fused-ring (bicyclic) bond motifs is 2. The van der Waals surface area contributed by atoms with E-state index >= 15 is 0 Å². The summed E-state index contributed by atoms with van der Waals surface area (Å²) in [6, 6.07) is 2.74. The van der Waals surface area contributed by atoms with E-state index in [1.54, 1.807) is 11.3 Å². The van der Waals surface area contributed by atoms with Crippen molar-refractivity contribution in [1.82, 2.24) is 4.90 Å². The Labute approximate surface area is 154 Å². The number of thiophene rings is 1. The lowest BCUT2D eigenvalue weighted by Crippen LogP contribution is -2.50. The van der Waals surface area contributed by atoms with E-state index in [2.05, 4.69) is 17.9 Å². The van der Waals surface area contributed by atoms with Gasteiger partial charge in [-0.2, -0.15) is 0 Å². The molecular formula is C19H28ClNO2S. The minimum absolute atomic E-state index is 0.0695. The maximum atomic E-state index is 6.37. The summed E-state index contributed by atoms with van der Waals surface area (Å²) in [4.78, 5) is 4.09. The first-order valence-corrected chi connectivity index (χ1v) is 10.6. The Morgan fingerprint density at radius 1 is 1.33 bits per heavy atom. The third-order valence-corrected chi connectivity index (χ3v) is 7.65. The van der Waals surface area contributed by atoms with E-state index in [-0.39, 0.29) is 5.60 Å². The van der Waals surface area contributed by atoms with Crippen molar-refractivity contribution >= 4 is 22.9 Å². The van der Waals surface area contributed by atoms with Gasteiger partial charge in [0, 0.05) is 30.7 Å². The predicted octanol–water partition coefficient (Wildman–Crippen LogP) is 4.47. The van der Waals surface area contributed by atoms with Crippen molar-refractivity contribution in [1.29, 1.82) is 0 Å². The van der Waals surface area contributed by atoms with Gasteiger partial charge >= 0.3 is 0 Å². The highest BCUT2D eigenvalue weighted by molar-refractivity contribution is 7.16. The van der Waals surface area contributed by atoms with E-state index in [0.29, 0.717) is 6.04 Å². The van der Waals surface area contributed by atoms with Gasteiger partial charge in [0.25, 0.3) is 0 Å². The lowest BCUT2D eigenvalue weighted by atomic mass is 9.82. The molecule has 0 aromatic carbocycles. The molecular weight excluding hydrogens is 342 g/mol. The van der Waals surface area contributed by atoms with E-state index < -0.39 is 0 Å². The predicted molar refractivity (Wildman–Crippen MR) is 99.1 cm³/mol. The smallest absolute Gasteiger partial charge is 0.105 e. The lowest BCUT2D eigenvalue weighted by Gasteiger charge is -2.47. The standard InChI is InChI=1S/C19H28ClNO2S/c1-14-13-19(18-16(5-11-23-19)12-17(20)24-18)6-8-21(14)7-2-15-3-9-22-10-4-15/h12,14-15H,2-11,13H2,1H3/t14-,19+/m0/s1. The van der Waals surface area contributed by atoms with Crippen LogP contribution in [-0.2, 0) is 21.5 Å². The summed E-state index contributed by atoms with van der Waals surface area (Å²) in [6.45, 7) is 7.49.